The number of halogens is 2. The van der Waals surface area contributed by atoms with Crippen molar-refractivity contribution in [2.75, 3.05) is 4.72 Å². The zero-order valence-corrected chi connectivity index (χ0v) is 19.9. The van der Waals surface area contributed by atoms with Gasteiger partial charge in [0.1, 0.15) is 17.7 Å². The summed E-state index contributed by atoms with van der Waals surface area (Å²) in [6.07, 6.45) is 8.11. The van der Waals surface area contributed by atoms with Gasteiger partial charge in [-0.05, 0) is 79.4 Å². The van der Waals surface area contributed by atoms with Gasteiger partial charge >= 0.3 is 0 Å². The standard InChI is InChI=1S/C26H21ClFN3O3S/c27-26-24(31-35(32,33)21-9-7-19(28)8-10-21)15-18(16-30-26)17-6-11-23-22(14-17)25(12-13-29-23)34-20-4-2-1-3-5-20/h2,4,6-16,20,31H,1,3,5H2/i3T. The summed E-state index contributed by atoms with van der Waals surface area (Å²) in [5.41, 5.74) is 2.20. The molecule has 0 saturated heterocycles. The van der Waals surface area contributed by atoms with Crippen molar-refractivity contribution < 1.29 is 18.9 Å². The molecule has 4 aromatic rings. The predicted octanol–water partition coefficient (Wildman–Crippen LogP) is 6.38. The molecule has 178 valence electrons. The lowest BCUT2D eigenvalue weighted by atomic mass is 10.0. The number of aromatic nitrogens is 2. The van der Waals surface area contributed by atoms with Gasteiger partial charge in [-0.2, -0.15) is 0 Å². The van der Waals surface area contributed by atoms with Crippen LogP contribution in [0.2, 0.25) is 5.15 Å². The number of nitrogens with zero attached hydrogens (tertiary/aromatic N) is 2. The Hall–Kier alpha value is -3.49. The molecule has 1 aliphatic carbocycles. The van der Waals surface area contributed by atoms with Crippen LogP contribution in [0, 0.1) is 5.82 Å². The highest BCUT2D eigenvalue weighted by Crippen LogP contribution is 2.33. The molecule has 0 aliphatic heterocycles. The number of sulfonamides is 1. The van der Waals surface area contributed by atoms with E-state index in [2.05, 4.69) is 14.7 Å². The van der Waals surface area contributed by atoms with Gasteiger partial charge in [0.15, 0.2) is 5.15 Å². The zero-order valence-electron chi connectivity index (χ0n) is 19.4. The van der Waals surface area contributed by atoms with Gasteiger partial charge in [0.05, 0.1) is 16.1 Å². The van der Waals surface area contributed by atoms with Crippen LogP contribution in [0.3, 0.4) is 0 Å². The van der Waals surface area contributed by atoms with E-state index < -0.39 is 15.8 Å². The number of benzene rings is 2. The number of hydrogen-bond donors (Lipinski definition) is 1. The zero-order chi connectivity index (χ0) is 25.3. The first-order chi connectivity index (χ1) is 17.3. The Balaban J connectivity index is 1.48. The van der Waals surface area contributed by atoms with Crippen molar-refractivity contribution in [3.63, 3.8) is 0 Å². The molecule has 2 aromatic heterocycles. The van der Waals surface area contributed by atoms with Crippen LogP contribution >= 0.6 is 11.6 Å². The number of allylic oxidation sites excluding steroid dienone is 1. The van der Waals surface area contributed by atoms with E-state index in [-0.39, 0.29) is 28.2 Å². The average Bonchev–Trinajstić information content (AvgIpc) is 2.85. The molecule has 0 saturated carbocycles. The van der Waals surface area contributed by atoms with Crippen LogP contribution in [-0.4, -0.2) is 24.5 Å². The van der Waals surface area contributed by atoms with E-state index in [4.69, 9.17) is 17.7 Å². The van der Waals surface area contributed by atoms with Gasteiger partial charge in [-0.25, -0.2) is 17.8 Å². The Morgan fingerprint density at radius 3 is 2.71 bits per heavy atom. The quantitative estimate of drug-likeness (QED) is 0.240. The van der Waals surface area contributed by atoms with Crippen LogP contribution < -0.4 is 9.46 Å². The summed E-state index contributed by atoms with van der Waals surface area (Å²) in [6.45, 7) is 0. The highest BCUT2D eigenvalue weighted by Gasteiger charge is 2.18. The van der Waals surface area contributed by atoms with Gasteiger partial charge in [0, 0.05) is 24.7 Å². The Morgan fingerprint density at radius 1 is 1.09 bits per heavy atom. The average molecular weight is 512 g/mol. The molecule has 0 radical (unpaired) electrons. The first-order valence-electron chi connectivity index (χ1n) is 11.4. The molecule has 0 fully saturated rings. The number of ether oxygens (including phenoxy) is 1. The normalized spacial score (nSPS) is 18.3. The number of hydrogen-bond acceptors (Lipinski definition) is 5. The van der Waals surface area contributed by atoms with Crippen LogP contribution in [0.25, 0.3) is 22.0 Å². The van der Waals surface area contributed by atoms with E-state index in [0.717, 1.165) is 35.0 Å². The lowest BCUT2D eigenvalue weighted by molar-refractivity contribution is 0.232. The first kappa shape index (κ1) is 22.0. The summed E-state index contributed by atoms with van der Waals surface area (Å²) < 4.78 is 55.4. The van der Waals surface area contributed by atoms with E-state index in [1.54, 1.807) is 24.5 Å². The molecule has 2 aromatic carbocycles. The Morgan fingerprint density at radius 2 is 1.91 bits per heavy atom. The second-order valence-corrected chi connectivity index (χ2v) is 10.0. The fourth-order valence-corrected chi connectivity index (χ4v) is 5.08. The van der Waals surface area contributed by atoms with Crippen LogP contribution in [-0.2, 0) is 10.0 Å². The lowest BCUT2D eigenvalue weighted by Crippen LogP contribution is -2.15. The van der Waals surface area contributed by atoms with Crippen molar-refractivity contribution in [3.8, 4) is 16.9 Å². The maximum Gasteiger partial charge on any atom is 0.261 e. The van der Waals surface area contributed by atoms with Crippen molar-refractivity contribution in [1.82, 2.24) is 9.97 Å². The van der Waals surface area contributed by atoms with Gasteiger partial charge < -0.3 is 4.74 Å². The summed E-state index contributed by atoms with van der Waals surface area (Å²) in [6, 6.07) is 13.4. The Kier molecular flexibility index (Phi) is 6.06. The molecule has 35 heavy (non-hydrogen) atoms. The molecule has 2 heterocycles. The largest absolute Gasteiger partial charge is 0.486 e. The highest BCUT2D eigenvalue weighted by molar-refractivity contribution is 7.92. The van der Waals surface area contributed by atoms with Crippen molar-refractivity contribution in [1.29, 1.82) is 0 Å². The number of fused-ring (bicyclic) bond motifs is 1. The van der Waals surface area contributed by atoms with Gasteiger partial charge in [-0.1, -0.05) is 23.7 Å². The maximum absolute atomic E-state index is 13.2. The van der Waals surface area contributed by atoms with E-state index in [9.17, 15) is 12.8 Å². The van der Waals surface area contributed by atoms with E-state index in [0.29, 0.717) is 17.7 Å². The molecular weight excluding hydrogens is 489 g/mol. The van der Waals surface area contributed by atoms with E-state index in [1.165, 1.54) is 12.1 Å². The number of nitrogens with one attached hydrogen (secondary N) is 1. The molecule has 5 rings (SSSR count). The molecule has 1 N–H and O–H groups in total. The molecule has 0 bridgehead atoms. The summed E-state index contributed by atoms with van der Waals surface area (Å²) in [7, 11) is -4.01. The topological polar surface area (TPSA) is 81.2 Å². The molecule has 2 unspecified atom stereocenters. The minimum absolute atomic E-state index is 0.0232. The minimum Gasteiger partial charge on any atom is -0.486 e. The van der Waals surface area contributed by atoms with Crippen LogP contribution in [0.5, 0.6) is 5.75 Å². The van der Waals surface area contributed by atoms with E-state index in [1.807, 2.05) is 30.4 Å². The molecule has 2 atom stereocenters. The van der Waals surface area contributed by atoms with Crippen molar-refractivity contribution in [2.24, 2.45) is 0 Å². The maximum atomic E-state index is 13.2. The molecule has 0 spiro atoms. The number of anilines is 1. The van der Waals surface area contributed by atoms with Crippen molar-refractivity contribution >= 4 is 38.2 Å². The second kappa shape index (κ2) is 9.64. The van der Waals surface area contributed by atoms with Gasteiger partial charge in [-0.15, -0.1) is 0 Å². The third-order valence-electron chi connectivity index (χ3n) is 5.57. The third-order valence-corrected chi connectivity index (χ3v) is 7.26. The molecule has 0 amide bonds. The minimum atomic E-state index is -4.01. The third kappa shape index (κ3) is 5.13. The summed E-state index contributed by atoms with van der Waals surface area (Å²) in [4.78, 5) is 8.47. The second-order valence-electron chi connectivity index (χ2n) is 8.01. The summed E-state index contributed by atoms with van der Waals surface area (Å²) >= 11 is 6.19. The number of pyridine rings is 2. The smallest absolute Gasteiger partial charge is 0.261 e. The number of rotatable bonds is 6. The SMILES string of the molecule is [3H]C1CC=CC(Oc2ccnc3ccc(-c4cnc(Cl)c(NS(=O)(=O)c5ccc(F)cc5)c4)cc23)C1. The molecule has 9 heteroatoms. The van der Waals surface area contributed by atoms with Gasteiger partial charge in [-0.3, -0.25) is 9.71 Å². The van der Waals surface area contributed by atoms with Gasteiger partial charge in [0.25, 0.3) is 10.0 Å². The molecule has 1 aliphatic rings. The fraction of sp³-hybridized carbons (Fsp3) is 0.154. The molecule has 6 nitrogen and oxygen atoms in total. The summed E-state index contributed by atoms with van der Waals surface area (Å²) in [5.74, 6) is 0.105. The van der Waals surface area contributed by atoms with Crippen LogP contribution in [0.15, 0.2) is 84.0 Å². The highest BCUT2D eigenvalue weighted by atomic mass is 35.5. The molecular formula is C26H21ClFN3O3S. The van der Waals surface area contributed by atoms with Crippen LogP contribution in [0.4, 0.5) is 10.1 Å². The monoisotopic (exact) mass is 511 g/mol. The van der Waals surface area contributed by atoms with E-state index >= 15 is 0 Å². The van der Waals surface area contributed by atoms with Gasteiger partial charge in [0.2, 0.25) is 0 Å². The first-order valence-corrected chi connectivity index (χ1v) is 12.7. The fourth-order valence-electron chi connectivity index (χ4n) is 3.81. The Bertz CT molecular complexity index is 1570. The lowest BCUT2D eigenvalue weighted by Gasteiger charge is -2.19. The van der Waals surface area contributed by atoms with Crippen molar-refractivity contribution in [2.45, 2.75) is 30.2 Å². The predicted molar refractivity (Wildman–Crippen MR) is 135 cm³/mol. The Labute approximate surface area is 208 Å². The summed E-state index contributed by atoms with van der Waals surface area (Å²) in [5, 5.41) is 0.754. The van der Waals surface area contributed by atoms with Crippen LogP contribution in [0.1, 0.15) is 20.6 Å². The van der Waals surface area contributed by atoms with Crippen molar-refractivity contribution in [3.05, 3.63) is 90.1 Å².